The van der Waals surface area contributed by atoms with Gasteiger partial charge < -0.3 is 5.32 Å². The Morgan fingerprint density at radius 3 is 2.47 bits per heavy atom. The van der Waals surface area contributed by atoms with Gasteiger partial charge >= 0.3 is 0 Å². The first-order valence-corrected chi connectivity index (χ1v) is 6.69. The van der Waals surface area contributed by atoms with E-state index in [1.807, 2.05) is 26.8 Å². The molecular formula is C16H24N2O. The molecule has 0 unspecified atom stereocenters. The summed E-state index contributed by atoms with van der Waals surface area (Å²) >= 11 is 0. The molecule has 0 aliphatic rings. The Bertz CT molecular complexity index is 408. The van der Waals surface area contributed by atoms with E-state index in [1.54, 1.807) is 24.5 Å². The van der Waals surface area contributed by atoms with Crippen LogP contribution >= 0.6 is 0 Å². The van der Waals surface area contributed by atoms with Gasteiger partial charge in [-0.3, -0.25) is 9.78 Å². The van der Waals surface area contributed by atoms with Crippen LogP contribution in [0.1, 0.15) is 44.5 Å². The van der Waals surface area contributed by atoms with Gasteiger partial charge in [0.1, 0.15) is 0 Å². The topological polar surface area (TPSA) is 42.0 Å². The van der Waals surface area contributed by atoms with Crippen LogP contribution in [0.15, 0.2) is 48.3 Å². The number of carbonyl (C=O) groups excluding carboxylic acids is 1. The first kappa shape index (κ1) is 17.1. The number of nitrogens with zero attached hydrogens (tertiary/aromatic N) is 1. The fourth-order valence-electron chi connectivity index (χ4n) is 1.23. The maximum Gasteiger partial charge on any atom is 0.251 e. The normalized spacial score (nSPS) is 10.8. The zero-order chi connectivity index (χ0) is 14.5. The zero-order valence-electron chi connectivity index (χ0n) is 12.3. The monoisotopic (exact) mass is 260 g/mol. The fourth-order valence-corrected chi connectivity index (χ4v) is 1.23. The molecule has 0 aliphatic carbocycles. The number of hydrogen-bond acceptors (Lipinski definition) is 2. The van der Waals surface area contributed by atoms with Crippen molar-refractivity contribution in [3.05, 3.63) is 53.9 Å². The Kier molecular flexibility index (Phi) is 10.1. The highest BCUT2D eigenvalue weighted by Gasteiger charge is 2.01. The van der Waals surface area contributed by atoms with Crippen molar-refractivity contribution in [2.75, 3.05) is 6.54 Å². The number of allylic oxidation sites excluding steroid dienone is 3. The lowest BCUT2D eigenvalue weighted by Crippen LogP contribution is -2.23. The molecular weight excluding hydrogens is 236 g/mol. The molecule has 19 heavy (non-hydrogen) atoms. The van der Waals surface area contributed by atoms with E-state index in [0.29, 0.717) is 12.1 Å². The van der Waals surface area contributed by atoms with E-state index in [-0.39, 0.29) is 5.91 Å². The molecule has 104 valence electrons. The summed E-state index contributed by atoms with van der Waals surface area (Å²) in [5.41, 5.74) is 1.96. The second-order valence-corrected chi connectivity index (χ2v) is 3.76. The molecule has 0 saturated heterocycles. The first-order valence-electron chi connectivity index (χ1n) is 6.69. The lowest BCUT2D eigenvalue weighted by Gasteiger charge is -2.01. The van der Waals surface area contributed by atoms with Crippen LogP contribution in [-0.2, 0) is 0 Å². The standard InChI is InChI=1S/C14H18N2O.C2H6/c1-3-12(2)6-4-5-9-16-14(17)13-7-10-15-11-8-13;1-2/h3-5,7-8,10-11H,6,9H2,1-2H3,(H,16,17);1-2H3/b5-4-,12-3-;. The largest absolute Gasteiger partial charge is 0.349 e. The van der Waals surface area contributed by atoms with Crippen molar-refractivity contribution in [3.63, 3.8) is 0 Å². The van der Waals surface area contributed by atoms with Gasteiger partial charge in [0, 0.05) is 24.5 Å². The van der Waals surface area contributed by atoms with Gasteiger partial charge in [0.05, 0.1) is 0 Å². The summed E-state index contributed by atoms with van der Waals surface area (Å²) in [6, 6.07) is 3.39. The Balaban J connectivity index is 0.00000154. The van der Waals surface area contributed by atoms with E-state index >= 15 is 0 Å². The summed E-state index contributed by atoms with van der Waals surface area (Å²) in [6.07, 6.45) is 10.3. The van der Waals surface area contributed by atoms with E-state index in [0.717, 1.165) is 6.42 Å². The Morgan fingerprint density at radius 2 is 1.89 bits per heavy atom. The van der Waals surface area contributed by atoms with E-state index in [1.165, 1.54) is 5.57 Å². The van der Waals surface area contributed by atoms with Crippen LogP contribution < -0.4 is 5.32 Å². The van der Waals surface area contributed by atoms with E-state index in [4.69, 9.17) is 0 Å². The van der Waals surface area contributed by atoms with Crippen LogP contribution in [0.3, 0.4) is 0 Å². The molecule has 3 nitrogen and oxygen atoms in total. The third-order valence-electron chi connectivity index (χ3n) is 2.42. The van der Waals surface area contributed by atoms with Crippen LogP contribution in [0.25, 0.3) is 0 Å². The molecule has 0 aromatic carbocycles. The lowest BCUT2D eigenvalue weighted by atomic mass is 10.2. The van der Waals surface area contributed by atoms with Crippen LogP contribution in [0.4, 0.5) is 0 Å². The maximum atomic E-state index is 11.6. The number of carbonyl (C=O) groups is 1. The maximum absolute atomic E-state index is 11.6. The molecule has 1 heterocycles. The van der Waals surface area contributed by atoms with Gasteiger partial charge in [0.25, 0.3) is 5.91 Å². The molecule has 1 aromatic heterocycles. The number of hydrogen-bond donors (Lipinski definition) is 1. The van der Waals surface area contributed by atoms with Crippen molar-refractivity contribution in [3.8, 4) is 0 Å². The van der Waals surface area contributed by atoms with Crippen LogP contribution in [0, 0.1) is 0 Å². The molecule has 0 saturated carbocycles. The summed E-state index contributed by atoms with van der Waals surface area (Å²) in [6.45, 7) is 8.66. The molecule has 0 radical (unpaired) electrons. The van der Waals surface area contributed by atoms with Gasteiger partial charge in [0.2, 0.25) is 0 Å². The Labute approximate surface area is 116 Å². The predicted octanol–water partition coefficient (Wildman–Crippen LogP) is 3.75. The highest BCUT2D eigenvalue weighted by molar-refractivity contribution is 5.94. The molecule has 0 aliphatic heterocycles. The zero-order valence-corrected chi connectivity index (χ0v) is 12.3. The van der Waals surface area contributed by atoms with Gasteiger partial charge in [-0.15, -0.1) is 0 Å². The number of pyridine rings is 1. The van der Waals surface area contributed by atoms with E-state index in [2.05, 4.69) is 29.4 Å². The summed E-state index contributed by atoms with van der Waals surface area (Å²) in [7, 11) is 0. The first-order chi connectivity index (χ1) is 9.24. The number of nitrogens with one attached hydrogen (secondary N) is 1. The highest BCUT2D eigenvalue weighted by atomic mass is 16.1. The predicted molar refractivity (Wildman–Crippen MR) is 81.1 cm³/mol. The molecule has 1 amide bonds. The second-order valence-electron chi connectivity index (χ2n) is 3.76. The van der Waals surface area contributed by atoms with Gasteiger partial charge in [-0.05, 0) is 32.4 Å². The van der Waals surface area contributed by atoms with Crippen molar-refractivity contribution in [1.82, 2.24) is 10.3 Å². The summed E-state index contributed by atoms with van der Waals surface area (Å²) < 4.78 is 0. The minimum atomic E-state index is -0.0696. The smallest absolute Gasteiger partial charge is 0.251 e. The summed E-state index contributed by atoms with van der Waals surface area (Å²) in [5, 5.41) is 2.82. The minimum absolute atomic E-state index is 0.0696. The molecule has 0 bridgehead atoms. The third-order valence-corrected chi connectivity index (χ3v) is 2.42. The fraction of sp³-hybridized carbons (Fsp3) is 0.375. The van der Waals surface area contributed by atoms with Crippen molar-refractivity contribution in [2.45, 2.75) is 34.1 Å². The van der Waals surface area contributed by atoms with Crippen molar-refractivity contribution in [1.29, 1.82) is 0 Å². The van der Waals surface area contributed by atoms with Crippen molar-refractivity contribution < 1.29 is 4.79 Å². The Morgan fingerprint density at radius 1 is 1.26 bits per heavy atom. The molecule has 1 rings (SSSR count). The second kappa shape index (κ2) is 11.2. The minimum Gasteiger partial charge on any atom is -0.349 e. The lowest BCUT2D eigenvalue weighted by molar-refractivity contribution is 0.0958. The van der Waals surface area contributed by atoms with Crippen molar-refractivity contribution >= 4 is 5.91 Å². The van der Waals surface area contributed by atoms with E-state index in [9.17, 15) is 4.79 Å². The van der Waals surface area contributed by atoms with Crippen LogP contribution in [0.2, 0.25) is 0 Å². The van der Waals surface area contributed by atoms with Gasteiger partial charge in [0.15, 0.2) is 0 Å². The SMILES string of the molecule is C/C=C(/C)C/C=C\CNC(=O)c1ccncc1.CC. The third kappa shape index (κ3) is 7.92. The van der Waals surface area contributed by atoms with Crippen LogP contribution in [-0.4, -0.2) is 17.4 Å². The molecule has 0 atom stereocenters. The molecule has 1 aromatic rings. The van der Waals surface area contributed by atoms with Gasteiger partial charge in [-0.25, -0.2) is 0 Å². The number of amides is 1. The summed E-state index contributed by atoms with van der Waals surface area (Å²) in [5.74, 6) is -0.0696. The average molecular weight is 260 g/mol. The van der Waals surface area contributed by atoms with Gasteiger partial charge in [-0.2, -0.15) is 0 Å². The quantitative estimate of drug-likeness (QED) is 0.819. The van der Waals surface area contributed by atoms with Gasteiger partial charge in [-0.1, -0.05) is 37.6 Å². The molecule has 0 spiro atoms. The van der Waals surface area contributed by atoms with Crippen LogP contribution in [0.5, 0.6) is 0 Å². The molecule has 1 N–H and O–H groups in total. The number of rotatable bonds is 5. The summed E-state index contributed by atoms with van der Waals surface area (Å²) in [4.78, 5) is 15.5. The Hall–Kier alpha value is -1.90. The van der Waals surface area contributed by atoms with Crippen molar-refractivity contribution in [2.24, 2.45) is 0 Å². The van der Waals surface area contributed by atoms with E-state index < -0.39 is 0 Å². The molecule has 0 fully saturated rings. The molecule has 3 heteroatoms. The highest BCUT2D eigenvalue weighted by Crippen LogP contribution is 1.99. The average Bonchev–Trinajstić information content (AvgIpc) is 2.49. The number of aromatic nitrogens is 1.